The number of nitrogens with zero attached hydrogens (tertiary/aromatic N) is 2. The van der Waals surface area contributed by atoms with E-state index in [1.165, 1.54) is 0 Å². The third-order valence-corrected chi connectivity index (χ3v) is 31.0. The van der Waals surface area contributed by atoms with Crippen molar-refractivity contribution < 1.29 is 112 Å². The predicted molar refractivity (Wildman–Crippen MR) is 63.6 cm³/mol. The van der Waals surface area contributed by atoms with Gasteiger partial charge in [0, 0.05) is 0 Å². The Bertz CT molecular complexity index is 933. The van der Waals surface area contributed by atoms with Crippen LogP contribution in [0.4, 0.5) is 52.7 Å². The van der Waals surface area contributed by atoms with E-state index in [9.17, 15) is 86.4 Å². The zero-order valence-electron chi connectivity index (χ0n) is 13.0. The van der Waals surface area contributed by atoms with E-state index >= 15 is 0 Å². The van der Waals surface area contributed by atoms with Crippen molar-refractivity contribution in [3.05, 3.63) is 0 Å². The molecule has 0 amide bonds. The summed E-state index contributed by atoms with van der Waals surface area (Å²) in [5.41, 5.74) is -28.7. The molecule has 0 spiro atoms. The van der Waals surface area contributed by atoms with Crippen LogP contribution in [0.3, 0.4) is 0 Å². The summed E-state index contributed by atoms with van der Waals surface area (Å²) in [4.78, 5) is 0. The Balaban J connectivity index is 7.46. The molecule has 0 saturated heterocycles. The standard InChI is InChI=1S/2C2F6NO4S2.Hg/c2*3-1(4,5)14(10,11)9-15(12,13)2(6,7)8;/q2*-1;+2. The van der Waals surface area contributed by atoms with Gasteiger partial charge in [-0.25, -0.2) is 0 Å². The maximum absolute atomic E-state index is 12.5. The second kappa shape index (κ2) is 8.24. The van der Waals surface area contributed by atoms with Crippen LogP contribution >= 0.6 is 0 Å². The SMILES string of the molecule is O=S(=O)([N]([Hg][N](S(=O)(=O)C(F)(F)F)S(=O)(=O)C(F)(F)F)S(=O)(=O)C(F)(F)F)C(F)(F)F. The molecule has 0 radical (unpaired) electrons. The molecule has 0 aliphatic heterocycles. The summed E-state index contributed by atoms with van der Waals surface area (Å²) in [7, 11) is -32.3. The summed E-state index contributed by atoms with van der Waals surface area (Å²) >= 11 is -7.12. The van der Waals surface area contributed by atoms with Crippen LogP contribution in [0.25, 0.3) is 0 Å². The molecule has 31 heavy (non-hydrogen) atoms. The van der Waals surface area contributed by atoms with Crippen molar-refractivity contribution in [2.24, 2.45) is 0 Å². The molecule has 0 N–H and O–H groups in total. The minimum absolute atomic E-state index is 3.02. The molecular formula is C4F12HgN2O8S4. The molecule has 0 fully saturated rings. The van der Waals surface area contributed by atoms with E-state index < -0.39 is 90.3 Å². The Kier molecular flexibility index (Phi) is 8.19. The third kappa shape index (κ3) is 5.66. The maximum atomic E-state index is 12.5. The summed E-state index contributed by atoms with van der Waals surface area (Å²) in [6.07, 6.45) is 0. The number of sulfonamides is 4. The Morgan fingerprint density at radius 1 is 0.387 bits per heavy atom. The molecule has 10 nitrogen and oxygen atoms in total. The van der Waals surface area contributed by atoms with Gasteiger partial charge in [0.05, 0.1) is 0 Å². The number of hydrogen-bond donors (Lipinski definition) is 0. The fourth-order valence-electron chi connectivity index (χ4n) is 1.12. The Morgan fingerprint density at radius 3 is 0.613 bits per heavy atom. The normalized spacial score (nSPS) is 15.9. The van der Waals surface area contributed by atoms with Crippen LogP contribution in [-0.4, -0.2) is 58.7 Å². The van der Waals surface area contributed by atoms with E-state index in [0.717, 1.165) is 0 Å². The number of halogens is 12. The first-order chi connectivity index (χ1) is 13.0. The number of alkyl halides is 12. The number of rotatable bonds is 6. The molecule has 0 rings (SSSR count). The second-order valence-electron chi connectivity index (χ2n) is 4.49. The van der Waals surface area contributed by atoms with Gasteiger partial charge in [-0.05, 0) is 0 Å². The van der Waals surface area contributed by atoms with Crippen LogP contribution in [-0.2, 0) is 65.3 Å². The van der Waals surface area contributed by atoms with Gasteiger partial charge in [-0.15, -0.1) is 0 Å². The Morgan fingerprint density at radius 2 is 0.516 bits per heavy atom. The molecule has 0 atom stereocenters. The molecular weight excluding hydrogens is 761 g/mol. The van der Waals surface area contributed by atoms with E-state index in [2.05, 4.69) is 0 Å². The van der Waals surface area contributed by atoms with E-state index in [-0.39, 0.29) is 0 Å². The van der Waals surface area contributed by atoms with Gasteiger partial charge in [0.15, 0.2) is 0 Å². The van der Waals surface area contributed by atoms with Crippen LogP contribution in [0.5, 0.6) is 0 Å². The Hall–Kier alpha value is -0.185. The van der Waals surface area contributed by atoms with Gasteiger partial charge in [0.25, 0.3) is 0 Å². The predicted octanol–water partition coefficient (Wildman–Crippen LogP) is 0.901. The van der Waals surface area contributed by atoms with Crippen molar-refractivity contribution >= 4 is 40.1 Å². The minimum atomic E-state index is -8.07. The van der Waals surface area contributed by atoms with Crippen molar-refractivity contribution in [2.75, 3.05) is 0 Å². The van der Waals surface area contributed by atoms with Crippen molar-refractivity contribution in [2.45, 2.75) is 22.0 Å². The topological polar surface area (TPSA) is 143 Å². The molecule has 0 aliphatic carbocycles. The van der Waals surface area contributed by atoms with Crippen LogP contribution in [0.1, 0.15) is 0 Å². The van der Waals surface area contributed by atoms with E-state index in [1.54, 1.807) is 0 Å². The summed E-state index contributed by atoms with van der Waals surface area (Å²) in [6.45, 7) is 0. The molecule has 27 heteroatoms. The zero-order chi connectivity index (χ0) is 25.9. The summed E-state index contributed by atoms with van der Waals surface area (Å²) in [5.74, 6) is 0. The number of hydrogen-bond acceptors (Lipinski definition) is 8. The van der Waals surface area contributed by atoms with Crippen LogP contribution in [0, 0.1) is 0 Å². The van der Waals surface area contributed by atoms with Crippen molar-refractivity contribution in [1.82, 2.24) is 2.95 Å². The zero-order valence-corrected chi connectivity index (χ0v) is 21.8. The van der Waals surface area contributed by atoms with Gasteiger partial charge in [0.1, 0.15) is 0 Å². The summed E-state index contributed by atoms with van der Waals surface area (Å²) < 4.78 is 233. The van der Waals surface area contributed by atoms with Gasteiger partial charge in [0.2, 0.25) is 0 Å². The quantitative estimate of drug-likeness (QED) is 0.287. The third-order valence-electron chi connectivity index (χ3n) is 2.47. The molecule has 184 valence electrons. The Labute approximate surface area is 176 Å². The summed E-state index contributed by atoms with van der Waals surface area (Å²) in [6, 6.07) is 0. The first kappa shape index (κ1) is 30.8. The first-order valence-electron chi connectivity index (χ1n) is 5.78. The van der Waals surface area contributed by atoms with Crippen LogP contribution < -0.4 is 0 Å². The van der Waals surface area contributed by atoms with Crippen molar-refractivity contribution in [3.63, 3.8) is 0 Å². The van der Waals surface area contributed by atoms with E-state index in [4.69, 9.17) is 0 Å². The van der Waals surface area contributed by atoms with E-state index in [0.29, 0.717) is 0 Å². The van der Waals surface area contributed by atoms with Gasteiger partial charge in [-0.2, -0.15) is 0 Å². The fraction of sp³-hybridized carbons (Fsp3) is 1.00. The fourth-order valence-corrected chi connectivity index (χ4v) is 27.0. The van der Waals surface area contributed by atoms with Crippen molar-refractivity contribution in [1.29, 1.82) is 0 Å². The van der Waals surface area contributed by atoms with Crippen LogP contribution in [0.15, 0.2) is 0 Å². The van der Waals surface area contributed by atoms with Crippen molar-refractivity contribution in [3.8, 4) is 0 Å². The van der Waals surface area contributed by atoms with Gasteiger partial charge in [-0.3, -0.25) is 0 Å². The first-order valence-corrected chi connectivity index (χ1v) is 16.5. The van der Waals surface area contributed by atoms with E-state index in [1.807, 2.05) is 0 Å². The van der Waals surface area contributed by atoms with Gasteiger partial charge in [-0.1, -0.05) is 0 Å². The molecule has 0 bridgehead atoms. The average molecular weight is 761 g/mol. The monoisotopic (exact) mass is 762 g/mol. The second-order valence-corrected chi connectivity index (χ2v) is 25.5. The molecule has 0 aromatic heterocycles. The molecule has 0 unspecified atom stereocenters. The van der Waals surface area contributed by atoms with Gasteiger partial charge >= 0.3 is 177 Å². The van der Waals surface area contributed by atoms with Crippen LogP contribution in [0.2, 0.25) is 0 Å². The average Bonchev–Trinajstić information content (AvgIpc) is 2.41. The molecule has 0 heterocycles. The molecule has 0 saturated carbocycles. The summed E-state index contributed by atoms with van der Waals surface area (Å²) in [5, 5.41) is 0. The van der Waals surface area contributed by atoms with Gasteiger partial charge < -0.3 is 0 Å². The molecule has 0 aromatic carbocycles. The molecule has 0 aliphatic rings. The molecule has 0 aromatic rings.